The van der Waals surface area contributed by atoms with Crippen LogP contribution in [-0.2, 0) is 4.79 Å². The molecule has 26 heavy (non-hydrogen) atoms. The molecule has 0 spiro atoms. The lowest BCUT2D eigenvalue weighted by atomic mass is 10.1. The first-order valence-electron chi connectivity index (χ1n) is 7.99. The van der Waals surface area contributed by atoms with Crippen molar-refractivity contribution in [1.82, 2.24) is 5.43 Å². The lowest BCUT2D eigenvalue weighted by molar-refractivity contribution is -0.118. The molecule has 0 aliphatic carbocycles. The summed E-state index contributed by atoms with van der Waals surface area (Å²) < 4.78 is 0. The highest BCUT2D eigenvalue weighted by molar-refractivity contribution is 6.42. The second-order valence-electron chi connectivity index (χ2n) is 5.99. The third-order valence-corrected chi connectivity index (χ3v) is 4.32. The average Bonchev–Trinajstić information content (AvgIpc) is 2.61. The summed E-state index contributed by atoms with van der Waals surface area (Å²) in [4.78, 5) is 24.0. The van der Waals surface area contributed by atoms with Crippen LogP contribution in [0.5, 0.6) is 0 Å². The minimum absolute atomic E-state index is 0.0651. The fourth-order valence-electron chi connectivity index (χ4n) is 2.01. The summed E-state index contributed by atoms with van der Waals surface area (Å²) >= 11 is 11.8. The van der Waals surface area contributed by atoms with Crippen LogP contribution in [0.25, 0.3) is 0 Å². The van der Waals surface area contributed by atoms with Crippen LogP contribution >= 0.6 is 23.2 Å². The molecule has 2 N–H and O–H groups in total. The molecule has 136 valence electrons. The Kier molecular flexibility index (Phi) is 6.77. The van der Waals surface area contributed by atoms with E-state index < -0.39 is 5.91 Å². The molecule has 0 heterocycles. The standard InChI is InChI=1S/C19H19Cl2N3O2/c1-11(2)18(25)22-15-6-4-5-13(9-15)12(3)23-24-19(26)14-7-8-16(20)17(21)10-14/h4-11H,1-3H3,(H,22,25)(H,24,26). The molecule has 0 saturated heterocycles. The number of nitrogens with zero attached hydrogens (tertiary/aromatic N) is 1. The van der Waals surface area contributed by atoms with Crippen LogP contribution in [0.4, 0.5) is 5.69 Å². The first kappa shape index (κ1) is 19.9. The second kappa shape index (κ2) is 8.83. The summed E-state index contributed by atoms with van der Waals surface area (Å²) in [5.41, 5.74) is 4.89. The summed E-state index contributed by atoms with van der Waals surface area (Å²) in [6.45, 7) is 5.41. The van der Waals surface area contributed by atoms with Gasteiger partial charge >= 0.3 is 0 Å². The van der Waals surface area contributed by atoms with E-state index in [1.54, 1.807) is 31.2 Å². The van der Waals surface area contributed by atoms with Gasteiger partial charge in [-0.15, -0.1) is 0 Å². The minimum Gasteiger partial charge on any atom is -0.326 e. The molecular formula is C19H19Cl2N3O2. The Morgan fingerprint density at radius 1 is 1.00 bits per heavy atom. The Hall–Kier alpha value is -2.37. The van der Waals surface area contributed by atoms with Crippen molar-refractivity contribution in [2.75, 3.05) is 5.32 Å². The number of carbonyl (C=O) groups excluding carboxylic acids is 2. The molecule has 5 nitrogen and oxygen atoms in total. The number of rotatable bonds is 5. The monoisotopic (exact) mass is 391 g/mol. The molecule has 0 aliphatic rings. The smallest absolute Gasteiger partial charge is 0.271 e. The Balaban J connectivity index is 2.10. The van der Waals surface area contributed by atoms with Gasteiger partial charge in [-0.25, -0.2) is 5.43 Å². The van der Waals surface area contributed by atoms with E-state index in [4.69, 9.17) is 23.2 Å². The molecule has 0 unspecified atom stereocenters. The highest BCUT2D eigenvalue weighted by Gasteiger charge is 2.09. The zero-order valence-corrected chi connectivity index (χ0v) is 16.2. The number of anilines is 1. The molecule has 0 aliphatic heterocycles. The van der Waals surface area contributed by atoms with Crippen LogP contribution in [0.2, 0.25) is 10.0 Å². The number of halogens is 2. The largest absolute Gasteiger partial charge is 0.326 e. The van der Waals surface area contributed by atoms with Gasteiger partial charge in [0.05, 0.1) is 15.8 Å². The summed E-state index contributed by atoms with van der Waals surface area (Å²) in [7, 11) is 0. The third kappa shape index (κ3) is 5.31. The molecule has 7 heteroatoms. The van der Waals surface area contributed by atoms with Crippen molar-refractivity contribution in [3.63, 3.8) is 0 Å². The van der Waals surface area contributed by atoms with Crippen LogP contribution < -0.4 is 10.7 Å². The van der Waals surface area contributed by atoms with Crippen LogP contribution in [0.15, 0.2) is 47.6 Å². The van der Waals surface area contributed by atoms with Gasteiger partial charge < -0.3 is 5.32 Å². The molecule has 2 amide bonds. The van der Waals surface area contributed by atoms with Gasteiger partial charge in [0.2, 0.25) is 5.91 Å². The van der Waals surface area contributed by atoms with E-state index in [1.807, 2.05) is 26.0 Å². The van der Waals surface area contributed by atoms with Gasteiger partial charge in [-0.1, -0.05) is 49.2 Å². The van der Waals surface area contributed by atoms with Crippen molar-refractivity contribution in [2.24, 2.45) is 11.0 Å². The Labute approximate surface area is 162 Å². The van der Waals surface area contributed by atoms with Crippen LogP contribution in [0, 0.1) is 5.92 Å². The van der Waals surface area contributed by atoms with Crippen molar-refractivity contribution in [2.45, 2.75) is 20.8 Å². The zero-order valence-electron chi connectivity index (χ0n) is 14.6. The van der Waals surface area contributed by atoms with Crippen molar-refractivity contribution in [1.29, 1.82) is 0 Å². The third-order valence-electron chi connectivity index (χ3n) is 3.58. The average molecular weight is 392 g/mol. The zero-order chi connectivity index (χ0) is 19.3. The maximum absolute atomic E-state index is 12.2. The van der Waals surface area contributed by atoms with E-state index in [2.05, 4.69) is 15.8 Å². The van der Waals surface area contributed by atoms with E-state index in [0.717, 1.165) is 5.56 Å². The number of carbonyl (C=O) groups is 2. The van der Waals surface area contributed by atoms with Crippen LogP contribution in [0.1, 0.15) is 36.7 Å². The molecule has 2 aromatic carbocycles. The topological polar surface area (TPSA) is 70.6 Å². The van der Waals surface area contributed by atoms with Gasteiger partial charge in [0.1, 0.15) is 0 Å². The summed E-state index contributed by atoms with van der Waals surface area (Å²) in [5.74, 6) is -0.573. The Morgan fingerprint density at radius 2 is 1.73 bits per heavy atom. The van der Waals surface area contributed by atoms with Crippen molar-refractivity contribution in [3.05, 3.63) is 63.6 Å². The predicted octanol–water partition coefficient (Wildman–Crippen LogP) is 4.74. The minimum atomic E-state index is -0.396. The number of hydrogen-bond acceptors (Lipinski definition) is 3. The molecular weight excluding hydrogens is 373 g/mol. The number of benzene rings is 2. The maximum Gasteiger partial charge on any atom is 0.271 e. The molecule has 2 aromatic rings. The molecule has 0 radical (unpaired) electrons. The normalized spacial score (nSPS) is 11.4. The van der Waals surface area contributed by atoms with Crippen molar-refractivity contribution < 1.29 is 9.59 Å². The molecule has 0 fully saturated rings. The van der Waals surface area contributed by atoms with E-state index in [-0.39, 0.29) is 11.8 Å². The van der Waals surface area contributed by atoms with E-state index in [0.29, 0.717) is 27.0 Å². The van der Waals surface area contributed by atoms with Crippen LogP contribution in [0.3, 0.4) is 0 Å². The van der Waals surface area contributed by atoms with E-state index in [9.17, 15) is 9.59 Å². The van der Waals surface area contributed by atoms with Gasteiger partial charge in [0.25, 0.3) is 5.91 Å². The fourth-order valence-corrected chi connectivity index (χ4v) is 2.31. The number of hydrazone groups is 1. The molecule has 0 atom stereocenters. The number of hydrogen-bond donors (Lipinski definition) is 2. The quantitative estimate of drug-likeness (QED) is 0.570. The highest BCUT2D eigenvalue weighted by Crippen LogP contribution is 2.22. The predicted molar refractivity (Wildman–Crippen MR) is 106 cm³/mol. The van der Waals surface area contributed by atoms with E-state index in [1.165, 1.54) is 6.07 Å². The number of nitrogens with one attached hydrogen (secondary N) is 2. The SMILES string of the molecule is CC(=NNC(=O)c1ccc(Cl)c(Cl)c1)c1cccc(NC(=O)C(C)C)c1. The van der Waals surface area contributed by atoms with E-state index >= 15 is 0 Å². The van der Waals surface area contributed by atoms with Gasteiger partial charge in [-0.3, -0.25) is 9.59 Å². The van der Waals surface area contributed by atoms with Gasteiger partial charge in [-0.2, -0.15) is 5.10 Å². The highest BCUT2D eigenvalue weighted by atomic mass is 35.5. The summed E-state index contributed by atoms with van der Waals surface area (Å²) in [6.07, 6.45) is 0. The Morgan fingerprint density at radius 3 is 2.38 bits per heavy atom. The molecule has 2 rings (SSSR count). The Bertz CT molecular complexity index is 864. The lowest BCUT2D eigenvalue weighted by Gasteiger charge is -2.09. The fraction of sp³-hybridized carbons (Fsp3) is 0.211. The van der Waals surface area contributed by atoms with Crippen LogP contribution in [-0.4, -0.2) is 17.5 Å². The number of amides is 2. The van der Waals surface area contributed by atoms with Crippen molar-refractivity contribution in [3.8, 4) is 0 Å². The van der Waals surface area contributed by atoms with Crippen molar-refractivity contribution >= 4 is 46.4 Å². The van der Waals surface area contributed by atoms with Gasteiger partial charge in [0.15, 0.2) is 0 Å². The first-order valence-corrected chi connectivity index (χ1v) is 8.74. The molecule has 0 bridgehead atoms. The van der Waals surface area contributed by atoms with Gasteiger partial charge in [-0.05, 0) is 42.8 Å². The molecule has 0 aromatic heterocycles. The second-order valence-corrected chi connectivity index (χ2v) is 6.81. The summed E-state index contributed by atoms with van der Waals surface area (Å²) in [6, 6.07) is 11.8. The first-order chi connectivity index (χ1) is 12.3. The maximum atomic E-state index is 12.2. The lowest BCUT2D eigenvalue weighted by Crippen LogP contribution is -2.20. The van der Waals surface area contributed by atoms with Gasteiger partial charge in [0, 0.05) is 17.2 Å². The molecule has 0 saturated carbocycles. The summed E-state index contributed by atoms with van der Waals surface area (Å²) in [5, 5.41) is 7.61.